The lowest BCUT2D eigenvalue weighted by Crippen LogP contribution is -2.37. The highest BCUT2D eigenvalue weighted by Crippen LogP contribution is 2.22. The smallest absolute Gasteiger partial charge is 0.0786 e. The van der Waals surface area contributed by atoms with Crippen molar-refractivity contribution < 1.29 is 4.84 Å². The van der Waals surface area contributed by atoms with Crippen molar-refractivity contribution in [2.75, 3.05) is 13.2 Å². The summed E-state index contributed by atoms with van der Waals surface area (Å²) >= 11 is 0. The molecule has 1 aromatic carbocycles. The minimum Gasteiger partial charge on any atom is -0.298 e. The number of benzene rings is 1. The number of rotatable bonds is 13. The number of hydroxylamine groups is 2. The van der Waals surface area contributed by atoms with Gasteiger partial charge in [0.05, 0.1) is 12.6 Å². The number of hydrogen-bond donors (Lipinski definition) is 0. The van der Waals surface area contributed by atoms with Crippen molar-refractivity contribution in [3.63, 3.8) is 0 Å². The molecule has 0 amide bonds. The number of hydrogen-bond acceptors (Lipinski definition) is 2. The molecule has 1 atom stereocenters. The van der Waals surface area contributed by atoms with Crippen LogP contribution in [0.3, 0.4) is 0 Å². The molecule has 1 aliphatic carbocycles. The van der Waals surface area contributed by atoms with E-state index >= 15 is 0 Å². The molecule has 0 bridgehead atoms. The van der Waals surface area contributed by atoms with Gasteiger partial charge in [-0.25, -0.2) is 0 Å². The van der Waals surface area contributed by atoms with Gasteiger partial charge in [-0.1, -0.05) is 107 Å². The molecule has 148 valence electrons. The second-order valence-corrected chi connectivity index (χ2v) is 7.34. The van der Waals surface area contributed by atoms with Gasteiger partial charge in [0.2, 0.25) is 0 Å². The van der Waals surface area contributed by atoms with E-state index in [-0.39, 0.29) is 6.04 Å². The molecule has 2 nitrogen and oxygen atoms in total. The summed E-state index contributed by atoms with van der Waals surface area (Å²) in [7, 11) is 0. The van der Waals surface area contributed by atoms with E-state index in [4.69, 9.17) is 4.84 Å². The quantitative estimate of drug-likeness (QED) is 0.276. The Morgan fingerprint density at radius 2 is 1.63 bits per heavy atom. The molecule has 0 N–H and O–H groups in total. The normalized spacial score (nSPS) is 17.9. The fraction of sp³-hybridized carbons (Fsp3) is 0.520. The average Bonchev–Trinajstić information content (AvgIpc) is 2.71. The highest BCUT2D eigenvalue weighted by Gasteiger charge is 2.21. The number of unbranched alkanes of at least 4 members (excludes halogenated alkanes) is 6. The monoisotopic (exact) mass is 367 g/mol. The third-order valence-corrected chi connectivity index (χ3v) is 4.96. The third kappa shape index (κ3) is 8.28. The first-order chi connectivity index (χ1) is 13.3. The Bertz CT molecular complexity index is 588. The summed E-state index contributed by atoms with van der Waals surface area (Å²) in [5, 5.41) is 2.21. The molecule has 0 aliphatic heterocycles. The van der Waals surface area contributed by atoms with Crippen LogP contribution in [0.5, 0.6) is 0 Å². The minimum atomic E-state index is 0.197. The van der Waals surface area contributed by atoms with Crippen molar-refractivity contribution in [3.8, 4) is 0 Å². The molecule has 0 aromatic heterocycles. The maximum Gasteiger partial charge on any atom is 0.0786 e. The van der Waals surface area contributed by atoms with Gasteiger partial charge in [-0.3, -0.25) is 4.84 Å². The topological polar surface area (TPSA) is 12.5 Å². The zero-order valence-electron chi connectivity index (χ0n) is 17.3. The van der Waals surface area contributed by atoms with Gasteiger partial charge >= 0.3 is 0 Å². The third-order valence-electron chi connectivity index (χ3n) is 4.96. The van der Waals surface area contributed by atoms with Crippen LogP contribution in [0, 0.1) is 0 Å². The molecule has 27 heavy (non-hydrogen) atoms. The summed E-state index contributed by atoms with van der Waals surface area (Å²) in [6.07, 6.45) is 21.1. The maximum atomic E-state index is 6.23. The second kappa shape index (κ2) is 13.5. The highest BCUT2D eigenvalue weighted by molar-refractivity contribution is 5.59. The predicted octanol–water partition coefficient (Wildman–Crippen LogP) is 6.96. The molecule has 1 aromatic rings. The molecule has 2 rings (SSSR count). The van der Waals surface area contributed by atoms with Crippen LogP contribution in [0.4, 0.5) is 0 Å². The minimum absolute atomic E-state index is 0.197. The van der Waals surface area contributed by atoms with Crippen molar-refractivity contribution in [2.45, 2.75) is 71.3 Å². The molecule has 0 spiro atoms. The summed E-state index contributed by atoms with van der Waals surface area (Å²) in [6.45, 7) is 6.28. The second-order valence-electron chi connectivity index (χ2n) is 7.34. The number of nitrogens with zero attached hydrogens (tertiary/aromatic N) is 1. The molecular formula is C25H37NO. The van der Waals surface area contributed by atoms with E-state index < -0.39 is 0 Å². The number of allylic oxidation sites excluding steroid dienone is 2. The van der Waals surface area contributed by atoms with Gasteiger partial charge in [0, 0.05) is 6.54 Å². The van der Waals surface area contributed by atoms with Crippen molar-refractivity contribution in [2.24, 2.45) is 0 Å². The van der Waals surface area contributed by atoms with Gasteiger partial charge in [0.25, 0.3) is 0 Å². The molecule has 0 fully saturated rings. The van der Waals surface area contributed by atoms with E-state index in [1.165, 1.54) is 49.7 Å². The van der Waals surface area contributed by atoms with Crippen LogP contribution in [0.1, 0.15) is 70.8 Å². The molecule has 0 saturated heterocycles. The standard InChI is InChI=1S/C25H37NO/c1-3-5-7-8-9-15-20-26(27-21-6-4-2)25-19-14-13-18-24(25)22-23-16-11-10-12-17-23/h10-14,16-19,22,25H,3-9,15,20-21H2,1-2H3. The lowest BCUT2D eigenvalue weighted by Gasteiger charge is -2.31. The lowest BCUT2D eigenvalue weighted by atomic mass is 9.98. The average molecular weight is 368 g/mol. The van der Waals surface area contributed by atoms with E-state index in [0.717, 1.165) is 26.0 Å². The van der Waals surface area contributed by atoms with E-state index in [9.17, 15) is 0 Å². The molecule has 1 unspecified atom stereocenters. The first-order valence-corrected chi connectivity index (χ1v) is 10.9. The van der Waals surface area contributed by atoms with Crippen molar-refractivity contribution >= 4 is 6.08 Å². The van der Waals surface area contributed by atoms with Gasteiger partial charge in [-0.15, -0.1) is 0 Å². The lowest BCUT2D eigenvalue weighted by molar-refractivity contribution is -0.170. The van der Waals surface area contributed by atoms with Crippen LogP contribution in [-0.2, 0) is 4.84 Å². The Balaban J connectivity index is 2.00. The first kappa shape index (κ1) is 21.7. The van der Waals surface area contributed by atoms with E-state index in [0.29, 0.717) is 0 Å². The summed E-state index contributed by atoms with van der Waals surface area (Å²) in [6, 6.07) is 10.8. The Morgan fingerprint density at radius 1 is 0.889 bits per heavy atom. The Labute approximate surface area is 166 Å². The van der Waals surface area contributed by atoms with Gasteiger partial charge in [0.15, 0.2) is 0 Å². The largest absolute Gasteiger partial charge is 0.298 e. The fourth-order valence-electron chi connectivity index (χ4n) is 3.34. The molecule has 2 heteroatoms. The van der Waals surface area contributed by atoms with Crippen molar-refractivity contribution in [1.29, 1.82) is 0 Å². The van der Waals surface area contributed by atoms with Gasteiger partial charge < -0.3 is 0 Å². The summed E-state index contributed by atoms with van der Waals surface area (Å²) in [5.41, 5.74) is 2.54. The van der Waals surface area contributed by atoms with Crippen LogP contribution in [0.2, 0.25) is 0 Å². The van der Waals surface area contributed by atoms with Crippen LogP contribution in [0.25, 0.3) is 6.08 Å². The summed E-state index contributed by atoms with van der Waals surface area (Å²) in [5.74, 6) is 0. The molecule has 0 saturated carbocycles. The first-order valence-electron chi connectivity index (χ1n) is 10.9. The Morgan fingerprint density at radius 3 is 2.41 bits per heavy atom. The zero-order chi connectivity index (χ0) is 19.2. The van der Waals surface area contributed by atoms with Gasteiger partial charge in [0.1, 0.15) is 0 Å². The molecule has 1 aliphatic rings. The Kier molecular flexibility index (Phi) is 10.8. The van der Waals surface area contributed by atoms with E-state index in [2.05, 4.69) is 79.6 Å². The summed E-state index contributed by atoms with van der Waals surface area (Å²) in [4.78, 5) is 6.23. The van der Waals surface area contributed by atoms with Crippen LogP contribution in [0.15, 0.2) is 60.2 Å². The highest BCUT2D eigenvalue weighted by atomic mass is 16.7. The van der Waals surface area contributed by atoms with E-state index in [1.54, 1.807) is 0 Å². The molecule has 0 heterocycles. The van der Waals surface area contributed by atoms with Gasteiger partial charge in [-0.2, -0.15) is 5.06 Å². The predicted molar refractivity (Wildman–Crippen MR) is 117 cm³/mol. The zero-order valence-corrected chi connectivity index (χ0v) is 17.3. The van der Waals surface area contributed by atoms with Crippen molar-refractivity contribution in [1.82, 2.24) is 5.06 Å². The maximum absolute atomic E-state index is 6.23. The van der Waals surface area contributed by atoms with E-state index in [1.807, 2.05) is 0 Å². The van der Waals surface area contributed by atoms with Crippen LogP contribution >= 0.6 is 0 Å². The van der Waals surface area contributed by atoms with Crippen molar-refractivity contribution in [3.05, 3.63) is 65.8 Å². The summed E-state index contributed by atoms with van der Waals surface area (Å²) < 4.78 is 0. The van der Waals surface area contributed by atoms with Crippen LogP contribution < -0.4 is 0 Å². The molecule has 0 radical (unpaired) electrons. The Hall–Kier alpha value is -1.64. The van der Waals surface area contributed by atoms with Crippen LogP contribution in [-0.4, -0.2) is 24.3 Å². The molecular weight excluding hydrogens is 330 g/mol. The fourth-order valence-corrected chi connectivity index (χ4v) is 3.34. The SMILES string of the molecule is CCCCCCCCN(OCCCC)C1C=CC=CC1=Cc1ccccc1. The van der Waals surface area contributed by atoms with Gasteiger partial charge in [-0.05, 0) is 30.1 Å².